The van der Waals surface area contributed by atoms with Crippen LogP contribution < -0.4 is 0 Å². The van der Waals surface area contributed by atoms with Gasteiger partial charge in [0.05, 0.1) is 5.56 Å². The molecule has 0 aliphatic rings. The zero-order chi connectivity index (χ0) is 13.6. The van der Waals surface area contributed by atoms with E-state index in [4.69, 9.17) is 0 Å². The zero-order valence-electron chi connectivity index (χ0n) is 10.0. The zero-order valence-corrected chi connectivity index (χ0v) is 13.0. The normalized spacial score (nSPS) is 12.1. The van der Waals surface area contributed by atoms with Crippen LogP contribution >= 0.6 is 30.3 Å². The van der Waals surface area contributed by atoms with Gasteiger partial charge in [0.25, 0.3) is 0 Å². The molecule has 1 rings (SSSR count). The summed E-state index contributed by atoms with van der Waals surface area (Å²) in [7, 11) is 3.68. The molecule has 1 nitrogen and oxygen atoms in total. The fourth-order valence-corrected chi connectivity index (χ4v) is 2.35. The minimum absolute atomic E-state index is 0.577. The molecule has 0 heterocycles. The third kappa shape index (κ3) is 5.79. The van der Waals surface area contributed by atoms with Crippen LogP contribution in [0.2, 0.25) is 0 Å². The molecule has 0 radical (unpaired) electrons. The van der Waals surface area contributed by atoms with Crippen molar-refractivity contribution in [3.8, 4) is 0 Å². The predicted octanol–water partition coefficient (Wildman–Crippen LogP) is 4.96. The van der Waals surface area contributed by atoms with Gasteiger partial charge in [0.15, 0.2) is 0 Å². The lowest BCUT2D eigenvalue weighted by Gasteiger charge is -2.11. The van der Waals surface area contributed by atoms with Gasteiger partial charge in [0.1, 0.15) is 0 Å². The van der Waals surface area contributed by atoms with E-state index in [-0.39, 0.29) is 0 Å². The van der Waals surface area contributed by atoms with E-state index in [2.05, 4.69) is 25.5 Å². The van der Waals surface area contributed by atoms with Crippen LogP contribution in [0, 0.1) is 0 Å². The summed E-state index contributed by atoms with van der Waals surface area (Å²) >= 11 is 2.22. The minimum atomic E-state index is -4.24. The summed E-state index contributed by atoms with van der Waals surface area (Å²) in [4.78, 5) is 0. The summed E-state index contributed by atoms with van der Waals surface area (Å²) in [5, 5.41) is 0. The summed E-state index contributed by atoms with van der Waals surface area (Å²) in [6.07, 6.45) is -1.36. The Hall–Kier alpha value is 0.0500. The van der Waals surface area contributed by atoms with Crippen molar-refractivity contribution in [2.24, 2.45) is 0 Å². The first-order valence-corrected chi connectivity index (χ1v) is 8.91. The lowest BCUT2D eigenvalue weighted by atomic mass is 10.1. The fourth-order valence-electron chi connectivity index (χ4n) is 1.56. The van der Waals surface area contributed by atoms with E-state index < -0.39 is 11.7 Å². The second-order valence-corrected chi connectivity index (χ2v) is 6.02. The molecular weight excluding hydrogens is 374 g/mol. The summed E-state index contributed by atoms with van der Waals surface area (Å²) in [5.74, 6) is 0. The molecule has 0 bridgehead atoms. The smallest absolute Gasteiger partial charge is 0.245 e. The van der Waals surface area contributed by atoms with Gasteiger partial charge in [-0.1, -0.05) is 12.1 Å². The number of nitrogens with zero attached hydrogens (tertiary/aromatic N) is 1. The van der Waals surface area contributed by atoms with Crippen molar-refractivity contribution in [3.63, 3.8) is 0 Å². The van der Waals surface area contributed by atoms with E-state index in [9.17, 15) is 13.2 Å². The summed E-state index contributed by atoms with van der Waals surface area (Å²) in [6, 6.07) is 5.45. The standard InChI is InChI=1S/C12H15F3INS/c1-17(18-16)9-3-2-4-10-5-7-11(8-6-10)12(13,14)15/h5-8H,2-4,9H2,1H3. The van der Waals surface area contributed by atoms with Crippen molar-refractivity contribution in [1.29, 1.82) is 0 Å². The Morgan fingerprint density at radius 1 is 1.17 bits per heavy atom. The Morgan fingerprint density at radius 3 is 2.28 bits per heavy atom. The summed E-state index contributed by atoms with van der Waals surface area (Å²) in [5.41, 5.74) is 0.389. The first-order chi connectivity index (χ1) is 8.43. The van der Waals surface area contributed by atoms with Crippen molar-refractivity contribution >= 4 is 30.3 Å². The second-order valence-electron chi connectivity index (χ2n) is 4.07. The molecule has 1 aromatic rings. The fraction of sp³-hybridized carbons (Fsp3) is 0.500. The van der Waals surface area contributed by atoms with Gasteiger partial charge in [-0.15, -0.1) is 0 Å². The van der Waals surface area contributed by atoms with Gasteiger partial charge in [-0.2, -0.15) is 13.2 Å². The predicted molar refractivity (Wildman–Crippen MR) is 78.6 cm³/mol. The largest absolute Gasteiger partial charge is 0.416 e. The van der Waals surface area contributed by atoms with Gasteiger partial charge < -0.3 is 0 Å². The van der Waals surface area contributed by atoms with Crippen LogP contribution in [0.25, 0.3) is 0 Å². The van der Waals surface area contributed by atoms with Gasteiger partial charge in [-0.05, 0) is 53.1 Å². The molecule has 0 saturated heterocycles. The highest BCUT2D eigenvalue weighted by Gasteiger charge is 2.29. The molecule has 0 spiro atoms. The van der Waals surface area contributed by atoms with Crippen molar-refractivity contribution in [3.05, 3.63) is 35.4 Å². The molecule has 0 fully saturated rings. The van der Waals surface area contributed by atoms with E-state index in [1.54, 1.807) is 21.3 Å². The maximum Gasteiger partial charge on any atom is 0.416 e. The quantitative estimate of drug-likeness (QED) is 0.385. The molecule has 18 heavy (non-hydrogen) atoms. The van der Waals surface area contributed by atoms with E-state index in [1.807, 2.05) is 7.05 Å². The molecule has 0 amide bonds. The van der Waals surface area contributed by atoms with Crippen LogP contribution in [0.4, 0.5) is 13.2 Å². The van der Waals surface area contributed by atoms with Gasteiger partial charge >= 0.3 is 6.18 Å². The first kappa shape index (κ1) is 16.1. The molecule has 1 aromatic carbocycles. The number of halogens is 4. The van der Waals surface area contributed by atoms with Gasteiger partial charge in [0, 0.05) is 27.8 Å². The molecular formula is C12H15F3INS. The monoisotopic (exact) mass is 389 g/mol. The Morgan fingerprint density at radius 2 is 1.78 bits per heavy atom. The maximum absolute atomic E-state index is 12.3. The third-order valence-electron chi connectivity index (χ3n) is 2.59. The Kier molecular flexibility index (Phi) is 6.79. The van der Waals surface area contributed by atoms with Gasteiger partial charge in [-0.25, -0.2) is 4.31 Å². The van der Waals surface area contributed by atoms with Crippen molar-refractivity contribution in [1.82, 2.24) is 4.31 Å². The minimum Gasteiger partial charge on any atom is -0.245 e. The van der Waals surface area contributed by atoms with E-state index >= 15 is 0 Å². The Balaban J connectivity index is 2.36. The van der Waals surface area contributed by atoms with Crippen LogP contribution in [0.1, 0.15) is 24.0 Å². The molecule has 6 heteroatoms. The average Bonchev–Trinajstić information content (AvgIpc) is 2.33. The lowest BCUT2D eigenvalue weighted by Crippen LogP contribution is -2.08. The third-order valence-corrected chi connectivity index (χ3v) is 5.02. The number of rotatable bonds is 6. The molecule has 0 saturated carbocycles. The van der Waals surface area contributed by atoms with Gasteiger partial charge in [0.2, 0.25) is 0 Å². The maximum atomic E-state index is 12.3. The highest BCUT2D eigenvalue weighted by molar-refractivity contribution is 14.2. The molecule has 102 valence electrons. The number of alkyl halides is 3. The topological polar surface area (TPSA) is 3.24 Å². The van der Waals surface area contributed by atoms with Crippen molar-refractivity contribution in [2.75, 3.05) is 13.6 Å². The summed E-state index contributed by atoms with van der Waals surface area (Å²) in [6.45, 7) is 0.994. The van der Waals surface area contributed by atoms with Crippen LogP contribution in [0.5, 0.6) is 0 Å². The van der Waals surface area contributed by atoms with Crippen LogP contribution in [0.3, 0.4) is 0 Å². The molecule has 0 aliphatic heterocycles. The van der Waals surface area contributed by atoms with E-state index in [0.717, 1.165) is 43.5 Å². The highest BCUT2D eigenvalue weighted by Crippen LogP contribution is 2.29. The van der Waals surface area contributed by atoms with Crippen LogP contribution in [0.15, 0.2) is 24.3 Å². The number of aryl methyl sites for hydroxylation is 1. The van der Waals surface area contributed by atoms with Crippen molar-refractivity contribution < 1.29 is 13.2 Å². The van der Waals surface area contributed by atoms with E-state index in [1.165, 1.54) is 0 Å². The first-order valence-electron chi connectivity index (χ1n) is 5.59. The SMILES string of the molecule is CN(CCCCc1ccc(C(F)(F)F)cc1)SI. The Labute approximate surface area is 122 Å². The number of unbranched alkanes of at least 4 members (excludes halogenated alkanes) is 1. The number of hydrogen-bond donors (Lipinski definition) is 0. The van der Waals surface area contributed by atoms with E-state index in [0.29, 0.717) is 0 Å². The lowest BCUT2D eigenvalue weighted by molar-refractivity contribution is -0.137. The average molecular weight is 389 g/mol. The second kappa shape index (κ2) is 7.59. The Bertz CT molecular complexity index is 353. The van der Waals surface area contributed by atoms with Crippen LogP contribution in [-0.2, 0) is 12.6 Å². The summed E-state index contributed by atoms with van der Waals surface area (Å²) < 4.78 is 39.2. The molecule has 0 N–H and O–H groups in total. The molecule has 0 unspecified atom stereocenters. The van der Waals surface area contributed by atoms with Crippen LogP contribution in [-0.4, -0.2) is 17.9 Å². The number of benzene rings is 1. The molecule has 0 aliphatic carbocycles. The van der Waals surface area contributed by atoms with Crippen molar-refractivity contribution in [2.45, 2.75) is 25.4 Å². The molecule has 0 atom stereocenters. The van der Waals surface area contributed by atoms with Gasteiger partial charge in [-0.3, -0.25) is 0 Å². The molecule has 0 aromatic heterocycles. The number of hydrogen-bond acceptors (Lipinski definition) is 2. The highest BCUT2D eigenvalue weighted by atomic mass is 127.